The standard InChI is InChI=1S/C14H12BrClN2O2/c1-9-6-10(2-4-12(9)15)8-17-13-5-3-11(16)7-14(13)18(19)20/h2-7,17H,8H2,1H3. The molecule has 0 saturated heterocycles. The lowest BCUT2D eigenvalue weighted by molar-refractivity contribution is -0.383. The Labute approximate surface area is 130 Å². The van der Waals surface area contributed by atoms with E-state index in [-0.39, 0.29) is 5.69 Å². The monoisotopic (exact) mass is 354 g/mol. The summed E-state index contributed by atoms with van der Waals surface area (Å²) in [5, 5.41) is 14.4. The van der Waals surface area contributed by atoms with Gasteiger partial charge in [0.25, 0.3) is 5.69 Å². The molecule has 2 rings (SSSR count). The number of benzene rings is 2. The topological polar surface area (TPSA) is 55.2 Å². The second kappa shape index (κ2) is 6.24. The van der Waals surface area contributed by atoms with Crippen molar-refractivity contribution in [2.24, 2.45) is 0 Å². The van der Waals surface area contributed by atoms with Gasteiger partial charge in [0.1, 0.15) is 5.69 Å². The number of hydrogen-bond acceptors (Lipinski definition) is 3. The molecule has 2 aromatic rings. The number of nitro groups is 1. The molecule has 0 aliphatic heterocycles. The molecule has 0 bridgehead atoms. The van der Waals surface area contributed by atoms with E-state index in [4.69, 9.17) is 11.6 Å². The fraction of sp³-hybridized carbons (Fsp3) is 0.143. The van der Waals surface area contributed by atoms with Crippen molar-refractivity contribution < 1.29 is 4.92 Å². The summed E-state index contributed by atoms with van der Waals surface area (Å²) in [5.41, 5.74) is 2.61. The molecule has 0 radical (unpaired) electrons. The van der Waals surface area contributed by atoms with E-state index >= 15 is 0 Å². The Kier molecular flexibility index (Phi) is 4.62. The van der Waals surface area contributed by atoms with Crippen LogP contribution in [0.5, 0.6) is 0 Å². The zero-order chi connectivity index (χ0) is 14.7. The van der Waals surface area contributed by atoms with Gasteiger partial charge in [-0.2, -0.15) is 0 Å². The molecule has 0 amide bonds. The molecule has 0 aliphatic rings. The molecule has 20 heavy (non-hydrogen) atoms. The molecule has 6 heteroatoms. The Bertz CT molecular complexity index is 662. The minimum Gasteiger partial charge on any atom is -0.375 e. The number of hydrogen-bond donors (Lipinski definition) is 1. The van der Waals surface area contributed by atoms with Crippen LogP contribution in [0.4, 0.5) is 11.4 Å². The summed E-state index contributed by atoms with van der Waals surface area (Å²) < 4.78 is 1.04. The average Bonchev–Trinajstić information content (AvgIpc) is 2.41. The molecule has 0 saturated carbocycles. The first-order valence-electron chi connectivity index (χ1n) is 5.90. The second-order valence-electron chi connectivity index (χ2n) is 4.36. The summed E-state index contributed by atoms with van der Waals surface area (Å²) in [7, 11) is 0. The van der Waals surface area contributed by atoms with E-state index in [0.717, 1.165) is 15.6 Å². The maximum atomic E-state index is 11.0. The fourth-order valence-corrected chi connectivity index (χ4v) is 2.23. The van der Waals surface area contributed by atoms with Gasteiger partial charge in [0.05, 0.1) is 4.92 Å². The molecule has 1 N–H and O–H groups in total. The maximum absolute atomic E-state index is 11.0. The van der Waals surface area contributed by atoms with Crippen molar-refractivity contribution in [2.75, 3.05) is 5.32 Å². The first kappa shape index (κ1) is 14.8. The van der Waals surface area contributed by atoms with E-state index in [1.807, 2.05) is 25.1 Å². The summed E-state index contributed by atoms with van der Waals surface area (Å²) in [6.45, 7) is 2.51. The molecule has 0 aromatic heterocycles. The predicted octanol–water partition coefficient (Wildman–Crippen LogP) is 4.93. The van der Waals surface area contributed by atoms with Crippen molar-refractivity contribution in [2.45, 2.75) is 13.5 Å². The number of rotatable bonds is 4. The first-order chi connectivity index (χ1) is 9.47. The Balaban J connectivity index is 2.18. The number of aryl methyl sites for hydroxylation is 1. The molecule has 0 fully saturated rings. The molecule has 0 aliphatic carbocycles. The van der Waals surface area contributed by atoms with E-state index in [2.05, 4.69) is 21.2 Å². The number of nitro benzene ring substituents is 1. The minimum atomic E-state index is -0.443. The molecular formula is C14H12BrClN2O2. The minimum absolute atomic E-state index is 0.0219. The van der Waals surface area contributed by atoms with Crippen molar-refractivity contribution in [1.82, 2.24) is 0 Å². The fourth-order valence-electron chi connectivity index (χ4n) is 1.82. The number of anilines is 1. The predicted molar refractivity (Wildman–Crippen MR) is 84.3 cm³/mol. The Hall–Kier alpha value is -1.59. The van der Waals surface area contributed by atoms with Gasteiger partial charge in [0, 0.05) is 22.1 Å². The third kappa shape index (κ3) is 3.49. The zero-order valence-electron chi connectivity index (χ0n) is 10.7. The number of halogens is 2. The van der Waals surface area contributed by atoms with E-state index in [1.165, 1.54) is 6.07 Å². The summed E-state index contributed by atoms with van der Waals surface area (Å²) in [6, 6.07) is 10.5. The lowest BCUT2D eigenvalue weighted by atomic mass is 10.1. The van der Waals surface area contributed by atoms with Crippen LogP contribution in [0.15, 0.2) is 40.9 Å². The van der Waals surface area contributed by atoms with Gasteiger partial charge in [-0.25, -0.2) is 0 Å². The highest BCUT2D eigenvalue weighted by atomic mass is 79.9. The highest BCUT2D eigenvalue weighted by Crippen LogP contribution is 2.28. The van der Waals surface area contributed by atoms with Crippen LogP contribution in [0.3, 0.4) is 0 Å². The number of nitrogens with one attached hydrogen (secondary N) is 1. The summed E-state index contributed by atoms with van der Waals surface area (Å²) >= 11 is 9.22. The molecule has 0 spiro atoms. The lowest BCUT2D eigenvalue weighted by Gasteiger charge is -2.09. The molecule has 0 atom stereocenters. The van der Waals surface area contributed by atoms with E-state index in [1.54, 1.807) is 12.1 Å². The number of nitrogens with zero attached hydrogens (tertiary/aromatic N) is 1. The smallest absolute Gasteiger partial charge is 0.293 e. The third-order valence-corrected chi connectivity index (χ3v) is 3.99. The zero-order valence-corrected chi connectivity index (χ0v) is 13.0. The van der Waals surface area contributed by atoms with E-state index < -0.39 is 4.92 Å². The van der Waals surface area contributed by atoms with Gasteiger partial charge in [-0.3, -0.25) is 10.1 Å². The first-order valence-corrected chi connectivity index (χ1v) is 7.07. The van der Waals surface area contributed by atoms with Gasteiger partial charge in [-0.1, -0.05) is 39.7 Å². The van der Waals surface area contributed by atoms with E-state index in [0.29, 0.717) is 17.3 Å². The van der Waals surface area contributed by atoms with Crippen LogP contribution < -0.4 is 5.32 Å². The maximum Gasteiger partial charge on any atom is 0.293 e. The summed E-state index contributed by atoms with van der Waals surface area (Å²) in [4.78, 5) is 10.5. The van der Waals surface area contributed by atoms with Gasteiger partial charge in [-0.15, -0.1) is 0 Å². The highest BCUT2D eigenvalue weighted by molar-refractivity contribution is 9.10. The highest BCUT2D eigenvalue weighted by Gasteiger charge is 2.13. The normalized spacial score (nSPS) is 10.3. The molecule has 4 nitrogen and oxygen atoms in total. The van der Waals surface area contributed by atoms with Crippen LogP contribution in [-0.2, 0) is 6.54 Å². The van der Waals surface area contributed by atoms with Crippen molar-refractivity contribution in [3.8, 4) is 0 Å². The van der Waals surface area contributed by atoms with E-state index in [9.17, 15) is 10.1 Å². The van der Waals surface area contributed by atoms with Crippen molar-refractivity contribution in [1.29, 1.82) is 0 Å². The Morgan fingerprint density at radius 1 is 1.30 bits per heavy atom. The van der Waals surface area contributed by atoms with Gasteiger partial charge in [0.2, 0.25) is 0 Å². The van der Waals surface area contributed by atoms with Gasteiger partial charge < -0.3 is 5.32 Å². The van der Waals surface area contributed by atoms with Crippen molar-refractivity contribution >= 4 is 38.9 Å². The lowest BCUT2D eigenvalue weighted by Crippen LogP contribution is -2.03. The van der Waals surface area contributed by atoms with Gasteiger partial charge in [0.15, 0.2) is 0 Å². The largest absolute Gasteiger partial charge is 0.375 e. The van der Waals surface area contributed by atoms with Crippen molar-refractivity contribution in [3.63, 3.8) is 0 Å². The quantitative estimate of drug-likeness (QED) is 0.625. The van der Waals surface area contributed by atoms with Crippen LogP contribution in [-0.4, -0.2) is 4.92 Å². The van der Waals surface area contributed by atoms with Crippen LogP contribution in [0, 0.1) is 17.0 Å². The average molecular weight is 356 g/mol. The summed E-state index contributed by atoms with van der Waals surface area (Å²) in [6.07, 6.45) is 0. The third-order valence-electron chi connectivity index (χ3n) is 2.86. The second-order valence-corrected chi connectivity index (χ2v) is 5.65. The van der Waals surface area contributed by atoms with Crippen LogP contribution in [0.25, 0.3) is 0 Å². The molecule has 0 unspecified atom stereocenters. The Morgan fingerprint density at radius 2 is 2.05 bits per heavy atom. The van der Waals surface area contributed by atoms with Gasteiger partial charge >= 0.3 is 0 Å². The molecule has 0 heterocycles. The Morgan fingerprint density at radius 3 is 2.70 bits per heavy atom. The van der Waals surface area contributed by atoms with Gasteiger partial charge in [-0.05, 0) is 36.2 Å². The van der Waals surface area contributed by atoms with Crippen molar-refractivity contribution in [3.05, 3.63) is 67.1 Å². The molecular weight excluding hydrogens is 344 g/mol. The van der Waals surface area contributed by atoms with Crippen LogP contribution in [0.2, 0.25) is 5.02 Å². The molecule has 2 aromatic carbocycles. The SMILES string of the molecule is Cc1cc(CNc2ccc(Cl)cc2[N+](=O)[O-])ccc1Br. The van der Waals surface area contributed by atoms with Crippen LogP contribution >= 0.6 is 27.5 Å². The molecule has 104 valence electrons. The van der Waals surface area contributed by atoms with Crippen LogP contribution in [0.1, 0.15) is 11.1 Å². The summed E-state index contributed by atoms with van der Waals surface area (Å²) in [5.74, 6) is 0.